The van der Waals surface area contributed by atoms with Gasteiger partial charge in [-0.05, 0) is 61.6 Å². The number of amides is 1. The first-order valence-electron chi connectivity index (χ1n) is 9.26. The van der Waals surface area contributed by atoms with Gasteiger partial charge >= 0.3 is 0 Å². The summed E-state index contributed by atoms with van der Waals surface area (Å²) < 4.78 is 6.03. The van der Waals surface area contributed by atoms with E-state index in [1.165, 1.54) is 6.42 Å². The van der Waals surface area contributed by atoms with Crippen LogP contribution >= 0.6 is 11.6 Å². The van der Waals surface area contributed by atoms with Crippen LogP contribution in [0.4, 0.5) is 0 Å². The number of carbonyl (C=O) groups excluding carboxylic acids is 1. The Kier molecular flexibility index (Phi) is 3.64. The van der Waals surface area contributed by atoms with E-state index in [1.54, 1.807) is 0 Å². The van der Waals surface area contributed by atoms with Crippen molar-refractivity contribution in [3.8, 4) is 0 Å². The van der Waals surface area contributed by atoms with E-state index in [-0.39, 0.29) is 5.91 Å². The molecular weight excluding hydrogens is 348 g/mol. The van der Waals surface area contributed by atoms with E-state index in [1.807, 2.05) is 35.2 Å². The van der Waals surface area contributed by atoms with E-state index < -0.39 is 0 Å². The van der Waals surface area contributed by atoms with Crippen molar-refractivity contribution in [2.45, 2.75) is 44.7 Å². The number of nitrogens with one attached hydrogen (secondary N) is 1. The number of nitrogens with zero attached hydrogens (tertiary/aromatic N) is 1. The first-order valence-corrected chi connectivity index (χ1v) is 9.64. The molecule has 1 amide bonds. The first kappa shape index (κ1) is 16.0. The first-order chi connectivity index (χ1) is 12.6. The summed E-state index contributed by atoms with van der Waals surface area (Å²) in [6, 6.07) is 11.9. The summed E-state index contributed by atoms with van der Waals surface area (Å²) in [5.41, 5.74) is 1.54. The van der Waals surface area contributed by atoms with Gasteiger partial charge < -0.3 is 14.3 Å². The number of hydrogen-bond acceptors (Lipinski definition) is 2. The molecule has 4 nitrogen and oxygen atoms in total. The average molecular weight is 369 g/mol. The third kappa shape index (κ3) is 2.92. The second kappa shape index (κ2) is 5.92. The zero-order valence-electron chi connectivity index (χ0n) is 14.7. The van der Waals surface area contributed by atoms with E-state index >= 15 is 0 Å². The molecule has 2 atom stereocenters. The molecule has 2 aliphatic rings. The molecule has 5 heteroatoms. The van der Waals surface area contributed by atoms with Crippen LogP contribution < -0.4 is 0 Å². The smallest absolute Gasteiger partial charge is 0.270 e. The summed E-state index contributed by atoms with van der Waals surface area (Å²) in [6.45, 7) is 2.77. The fraction of sp³-hybridized carbons (Fsp3) is 0.381. The highest BCUT2D eigenvalue weighted by molar-refractivity contribution is 6.31. The molecule has 0 saturated heterocycles. The molecule has 0 radical (unpaired) electrons. The summed E-state index contributed by atoms with van der Waals surface area (Å²) in [7, 11) is 0. The van der Waals surface area contributed by atoms with Gasteiger partial charge in [0.2, 0.25) is 0 Å². The molecule has 0 spiro atoms. The van der Waals surface area contributed by atoms with Crippen LogP contribution in [0.1, 0.15) is 54.1 Å². The Morgan fingerprint density at radius 1 is 1.27 bits per heavy atom. The van der Waals surface area contributed by atoms with Crippen molar-refractivity contribution in [3.63, 3.8) is 0 Å². The molecular formula is C21H21ClN2O2. The number of benzene rings is 1. The van der Waals surface area contributed by atoms with Gasteiger partial charge in [0.05, 0.1) is 6.54 Å². The predicted molar refractivity (Wildman–Crippen MR) is 101 cm³/mol. The highest BCUT2D eigenvalue weighted by Gasteiger charge is 2.38. The second-order valence-electron chi connectivity index (χ2n) is 7.70. The molecule has 2 heterocycles. The topological polar surface area (TPSA) is 49.2 Å². The molecule has 0 bridgehead atoms. The zero-order chi connectivity index (χ0) is 17.8. The number of furan rings is 1. The molecule has 2 saturated carbocycles. The van der Waals surface area contributed by atoms with Crippen molar-refractivity contribution in [2.75, 3.05) is 0 Å². The third-order valence-corrected chi connectivity index (χ3v) is 5.78. The molecule has 2 aliphatic carbocycles. The van der Waals surface area contributed by atoms with Crippen LogP contribution in [-0.2, 0) is 6.54 Å². The molecule has 1 N–H and O–H groups in total. The minimum atomic E-state index is 0.0255. The summed E-state index contributed by atoms with van der Waals surface area (Å²) in [5, 5.41) is 1.63. The van der Waals surface area contributed by atoms with Gasteiger partial charge in [0.1, 0.15) is 17.2 Å². The molecule has 26 heavy (non-hydrogen) atoms. The van der Waals surface area contributed by atoms with Gasteiger partial charge in [-0.15, -0.1) is 0 Å². The van der Waals surface area contributed by atoms with E-state index in [9.17, 15) is 4.79 Å². The van der Waals surface area contributed by atoms with Gasteiger partial charge in [-0.1, -0.05) is 18.5 Å². The quantitative estimate of drug-likeness (QED) is 0.660. The van der Waals surface area contributed by atoms with Crippen LogP contribution in [0.3, 0.4) is 0 Å². The van der Waals surface area contributed by atoms with Gasteiger partial charge in [0, 0.05) is 27.9 Å². The maximum Gasteiger partial charge on any atom is 0.270 e. The number of carbonyl (C=O) groups is 1. The second-order valence-corrected chi connectivity index (χ2v) is 8.14. The van der Waals surface area contributed by atoms with E-state index in [2.05, 4.69) is 18.0 Å². The van der Waals surface area contributed by atoms with Crippen LogP contribution in [0.2, 0.25) is 5.02 Å². The maximum atomic E-state index is 13.1. The van der Waals surface area contributed by atoms with Crippen LogP contribution in [0, 0.1) is 5.92 Å². The lowest BCUT2D eigenvalue weighted by molar-refractivity contribution is 0.0711. The molecule has 3 aromatic rings. The lowest BCUT2D eigenvalue weighted by Gasteiger charge is -2.20. The van der Waals surface area contributed by atoms with Crippen LogP contribution in [0.5, 0.6) is 0 Å². The van der Waals surface area contributed by atoms with Crippen molar-refractivity contribution < 1.29 is 9.21 Å². The largest absolute Gasteiger partial charge is 0.464 e. The Balaban J connectivity index is 1.39. The normalized spacial score (nSPS) is 21.9. The highest BCUT2D eigenvalue weighted by Crippen LogP contribution is 2.47. The Hall–Kier alpha value is -2.20. The monoisotopic (exact) mass is 368 g/mol. The van der Waals surface area contributed by atoms with Gasteiger partial charge in [0.25, 0.3) is 5.91 Å². The maximum absolute atomic E-state index is 13.1. The number of H-pyrrole nitrogens is 1. The molecule has 2 fully saturated rings. The Morgan fingerprint density at radius 2 is 2.08 bits per heavy atom. The molecule has 0 unspecified atom stereocenters. The van der Waals surface area contributed by atoms with Crippen molar-refractivity contribution in [3.05, 3.63) is 58.6 Å². The lowest BCUT2D eigenvalue weighted by Crippen LogP contribution is -2.32. The SMILES string of the molecule is C[C@@H]1C[C@H]1c1ccc(CN(C(=O)c2cc3cc(Cl)ccc3[nH]2)C2CC2)o1. The molecule has 0 aliphatic heterocycles. The number of fused-ring (bicyclic) bond motifs is 1. The summed E-state index contributed by atoms with van der Waals surface area (Å²) in [6.07, 6.45) is 3.33. The van der Waals surface area contributed by atoms with Crippen molar-refractivity contribution in [1.29, 1.82) is 0 Å². The number of halogens is 1. The minimum absolute atomic E-state index is 0.0255. The molecule has 2 aromatic heterocycles. The number of aromatic nitrogens is 1. The van der Waals surface area contributed by atoms with E-state index in [0.29, 0.717) is 35.1 Å². The van der Waals surface area contributed by atoms with E-state index in [0.717, 1.165) is 35.3 Å². The Morgan fingerprint density at radius 3 is 2.81 bits per heavy atom. The fourth-order valence-corrected chi connectivity index (χ4v) is 3.87. The number of hydrogen-bond donors (Lipinski definition) is 1. The van der Waals surface area contributed by atoms with Crippen LogP contribution in [0.15, 0.2) is 40.8 Å². The summed E-state index contributed by atoms with van der Waals surface area (Å²) in [5.74, 6) is 3.24. The van der Waals surface area contributed by atoms with Gasteiger partial charge in [-0.2, -0.15) is 0 Å². The van der Waals surface area contributed by atoms with E-state index in [4.69, 9.17) is 16.0 Å². The third-order valence-electron chi connectivity index (χ3n) is 5.55. The molecule has 134 valence electrons. The predicted octanol–water partition coefficient (Wildman–Crippen LogP) is 5.34. The average Bonchev–Trinajstić information content (AvgIpc) is 3.50. The van der Waals surface area contributed by atoms with Crippen LogP contribution in [-0.4, -0.2) is 21.8 Å². The summed E-state index contributed by atoms with van der Waals surface area (Å²) in [4.78, 5) is 18.3. The van der Waals surface area contributed by atoms with Crippen molar-refractivity contribution in [2.24, 2.45) is 5.92 Å². The zero-order valence-corrected chi connectivity index (χ0v) is 15.4. The van der Waals surface area contributed by atoms with Crippen LogP contribution in [0.25, 0.3) is 10.9 Å². The summed E-state index contributed by atoms with van der Waals surface area (Å²) >= 11 is 6.06. The van der Waals surface area contributed by atoms with Gasteiger partial charge in [-0.25, -0.2) is 0 Å². The minimum Gasteiger partial charge on any atom is -0.464 e. The number of rotatable bonds is 5. The van der Waals surface area contributed by atoms with Crippen molar-refractivity contribution >= 4 is 28.4 Å². The Labute approximate surface area is 157 Å². The molecule has 5 rings (SSSR count). The fourth-order valence-electron chi connectivity index (χ4n) is 3.69. The van der Waals surface area contributed by atoms with Gasteiger partial charge in [-0.3, -0.25) is 4.79 Å². The highest BCUT2D eigenvalue weighted by atomic mass is 35.5. The molecule has 1 aromatic carbocycles. The lowest BCUT2D eigenvalue weighted by atomic mass is 10.2. The van der Waals surface area contributed by atoms with Gasteiger partial charge in [0.15, 0.2) is 0 Å². The number of aromatic amines is 1. The Bertz CT molecular complexity index is 985. The standard InChI is InChI=1S/C21H21ClN2O2/c1-12-8-17(12)20-7-5-16(26-20)11-24(15-3-4-15)21(25)19-10-13-9-14(22)2-6-18(13)23-19/h2,5-7,9-10,12,15,17,23H,3-4,8,11H2,1H3/t12-,17-/m1/s1. The van der Waals surface area contributed by atoms with Crippen molar-refractivity contribution in [1.82, 2.24) is 9.88 Å².